The summed E-state index contributed by atoms with van der Waals surface area (Å²) in [7, 11) is 1.83. The molecule has 0 aliphatic heterocycles. The van der Waals surface area contributed by atoms with E-state index in [1.165, 1.54) is 0 Å². The molecule has 0 saturated heterocycles. The van der Waals surface area contributed by atoms with Crippen LogP contribution < -0.4 is 0 Å². The maximum atomic E-state index is 11.5. The zero-order valence-electron chi connectivity index (χ0n) is 12.0. The Morgan fingerprint density at radius 1 is 1.55 bits per heavy atom. The van der Waals surface area contributed by atoms with Crippen molar-refractivity contribution in [2.75, 3.05) is 0 Å². The van der Waals surface area contributed by atoms with Gasteiger partial charge in [0.15, 0.2) is 5.82 Å². The number of aryl methyl sites for hydroxylation is 1. The molecular formula is C13H18N4O3. The fourth-order valence-electron chi connectivity index (χ4n) is 1.84. The van der Waals surface area contributed by atoms with Crippen molar-refractivity contribution in [3.63, 3.8) is 0 Å². The molecule has 1 N–H and O–H groups in total. The number of carboxylic acids is 1. The lowest BCUT2D eigenvalue weighted by atomic mass is 9.76. The molecule has 2 rings (SSSR count). The topological polar surface area (TPSA) is 94.0 Å². The number of aliphatic carboxylic acids is 1. The summed E-state index contributed by atoms with van der Waals surface area (Å²) in [6.07, 6.45) is 3.61. The molecule has 0 saturated carbocycles. The molecule has 1 unspecified atom stereocenters. The number of imidazole rings is 1. The minimum absolute atomic E-state index is 0.0523. The number of aromatic nitrogens is 4. The van der Waals surface area contributed by atoms with E-state index < -0.39 is 11.4 Å². The molecular weight excluding hydrogens is 260 g/mol. The molecule has 0 fully saturated rings. The summed E-state index contributed by atoms with van der Waals surface area (Å²) in [5.74, 6) is 0.333. The Bertz CT molecular complexity index is 617. The average Bonchev–Trinajstić information content (AvgIpc) is 2.97. The molecule has 20 heavy (non-hydrogen) atoms. The maximum absolute atomic E-state index is 11.5. The highest BCUT2D eigenvalue weighted by Crippen LogP contribution is 2.31. The highest BCUT2D eigenvalue weighted by Gasteiger charge is 2.38. The van der Waals surface area contributed by atoms with Crippen molar-refractivity contribution in [2.45, 2.75) is 27.2 Å². The van der Waals surface area contributed by atoms with Gasteiger partial charge in [0.2, 0.25) is 11.7 Å². The number of carboxylic acid groups (broad SMARTS) is 1. The lowest BCUT2D eigenvalue weighted by Gasteiger charge is -2.27. The Morgan fingerprint density at radius 2 is 2.25 bits per heavy atom. The molecule has 2 aromatic heterocycles. The lowest BCUT2D eigenvalue weighted by Crippen LogP contribution is -2.35. The first-order valence-corrected chi connectivity index (χ1v) is 6.38. The summed E-state index contributed by atoms with van der Waals surface area (Å²) in [6, 6.07) is 0. The van der Waals surface area contributed by atoms with Gasteiger partial charge in [-0.1, -0.05) is 19.0 Å². The third-order valence-corrected chi connectivity index (χ3v) is 3.77. The van der Waals surface area contributed by atoms with Gasteiger partial charge in [-0.25, -0.2) is 4.98 Å². The molecule has 0 bridgehead atoms. The van der Waals surface area contributed by atoms with Crippen LogP contribution in [0.15, 0.2) is 16.9 Å². The van der Waals surface area contributed by atoms with Crippen LogP contribution in [-0.4, -0.2) is 30.8 Å². The monoisotopic (exact) mass is 278 g/mol. The van der Waals surface area contributed by atoms with Crippen LogP contribution in [0.25, 0.3) is 11.6 Å². The smallest absolute Gasteiger partial charge is 0.310 e. The Labute approximate surface area is 116 Å². The van der Waals surface area contributed by atoms with Gasteiger partial charge in [-0.05, 0) is 12.8 Å². The van der Waals surface area contributed by atoms with E-state index in [-0.39, 0.29) is 12.3 Å². The standard InChI is InChI=1S/C13H18N4O3/c1-8(2)13(3,12(18)19)7-9-15-10(16-20-9)11-14-5-6-17(11)4/h5-6,8H,7H2,1-4H3,(H,18,19). The van der Waals surface area contributed by atoms with Crippen molar-refractivity contribution in [3.8, 4) is 11.6 Å². The van der Waals surface area contributed by atoms with Crippen LogP contribution in [0, 0.1) is 11.3 Å². The highest BCUT2D eigenvalue weighted by atomic mass is 16.5. The minimum atomic E-state index is -0.939. The van der Waals surface area contributed by atoms with Crippen LogP contribution in [0.1, 0.15) is 26.7 Å². The summed E-state index contributed by atoms with van der Waals surface area (Å²) in [5, 5.41) is 13.3. The van der Waals surface area contributed by atoms with Crippen molar-refractivity contribution in [1.29, 1.82) is 0 Å². The summed E-state index contributed by atoms with van der Waals surface area (Å²) in [5.41, 5.74) is -0.939. The first kappa shape index (κ1) is 14.2. The number of hydrogen-bond donors (Lipinski definition) is 1. The number of nitrogens with zero attached hydrogens (tertiary/aromatic N) is 4. The fourth-order valence-corrected chi connectivity index (χ4v) is 1.84. The van der Waals surface area contributed by atoms with Crippen LogP contribution in [0.3, 0.4) is 0 Å². The Kier molecular flexibility index (Phi) is 3.61. The number of rotatable bonds is 5. The first-order valence-electron chi connectivity index (χ1n) is 6.38. The first-order chi connectivity index (χ1) is 9.34. The van der Waals surface area contributed by atoms with E-state index in [0.29, 0.717) is 17.5 Å². The van der Waals surface area contributed by atoms with E-state index in [1.54, 1.807) is 23.9 Å². The van der Waals surface area contributed by atoms with Gasteiger partial charge in [-0.2, -0.15) is 4.98 Å². The van der Waals surface area contributed by atoms with E-state index in [4.69, 9.17) is 4.52 Å². The summed E-state index contributed by atoms with van der Waals surface area (Å²) in [6.45, 7) is 5.42. The maximum Gasteiger partial charge on any atom is 0.310 e. The molecule has 0 aliphatic carbocycles. The Morgan fingerprint density at radius 3 is 2.75 bits per heavy atom. The molecule has 0 spiro atoms. The predicted octanol–water partition coefficient (Wildman–Crippen LogP) is 1.76. The summed E-state index contributed by atoms with van der Waals surface area (Å²) >= 11 is 0. The molecule has 108 valence electrons. The third-order valence-electron chi connectivity index (χ3n) is 3.77. The highest BCUT2D eigenvalue weighted by molar-refractivity contribution is 5.74. The normalized spacial score (nSPS) is 14.4. The second-order valence-electron chi connectivity index (χ2n) is 5.43. The van der Waals surface area contributed by atoms with Gasteiger partial charge in [-0.3, -0.25) is 4.79 Å². The second-order valence-corrected chi connectivity index (χ2v) is 5.43. The molecule has 0 amide bonds. The molecule has 2 heterocycles. The molecule has 2 aromatic rings. The van der Waals surface area contributed by atoms with Gasteiger partial charge in [0.25, 0.3) is 0 Å². The molecule has 0 aliphatic rings. The van der Waals surface area contributed by atoms with Gasteiger partial charge in [0.1, 0.15) is 0 Å². The van der Waals surface area contributed by atoms with Crippen molar-refractivity contribution in [2.24, 2.45) is 18.4 Å². The van der Waals surface area contributed by atoms with E-state index in [1.807, 2.05) is 20.9 Å². The largest absolute Gasteiger partial charge is 0.481 e. The van der Waals surface area contributed by atoms with Crippen LogP contribution >= 0.6 is 0 Å². The Balaban J connectivity index is 2.26. The van der Waals surface area contributed by atoms with Crippen LogP contribution in [0.5, 0.6) is 0 Å². The van der Waals surface area contributed by atoms with E-state index in [2.05, 4.69) is 15.1 Å². The second kappa shape index (κ2) is 5.07. The van der Waals surface area contributed by atoms with Crippen molar-refractivity contribution in [3.05, 3.63) is 18.3 Å². The van der Waals surface area contributed by atoms with Crippen LogP contribution in [0.4, 0.5) is 0 Å². The molecule has 0 aromatic carbocycles. The van der Waals surface area contributed by atoms with Crippen molar-refractivity contribution < 1.29 is 14.4 Å². The van der Waals surface area contributed by atoms with E-state index in [0.717, 1.165) is 0 Å². The molecule has 1 atom stereocenters. The van der Waals surface area contributed by atoms with Crippen LogP contribution in [-0.2, 0) is 18.3 Å². The zero-order valence-corrected chi connectivity index (χ0v) is 12.0. The van der Waals surface area contributed by atoms with E-state index >= 15 is 0 Å². The van der Waals surface area contributed by atoms with Crippen molar-refractivity contribution >= 4 is 5.97 Å². The quantitative estimate of drug-likeness (QED) is 0.895. The number of hydrogen-bond acceptors (Lipinski definition) is 5. The van der Waals surface area contributed by atoms with Crippen molar-refractivity contribution in [1.82, 2.24) is 19.7 Å². The van der Waals surface area contributed by atoms with Gasteiger partial charge in [-0.15, -0.1) is 0 Å². The Hall–Kier alpha value is -2.18. The van der Waals surface area contributed by atoms with Crippen LogP contribution in [0.2, 0.25) is 0 Å². The molecule has 7 nitrogen and oxygen atoms in total. The third kappa shape index (κ3) is 2.43. The van der Waals surface area contributed by atoms with Gasteiger partial charge in [0, 0.05) is 25.9 Å². The summed E-state index contributed by atoms with van der Waals surface area (Å²) < 4.78 is 6.93. The van der Waals surface area contributed by atoms with E-state index in [9.17, 15) is 9.90 Å². The molecule has 7 heteroatoms. The fraction of sp³-hybridized carbons (Fsp3) is 0.538. The summed E-state index contributed by atoms with van der Waals surface area (Å²) in [4.78, 5) is 19.8. The predicted molar refractivity (Wildman–Crippen MR) is 70.8 cm³/mol. The van der Waals surface area contributed by atoms with Gasteiger partial charge < -0.3 is 14.2 Å². The SMILES string of the molecule is CC(C)C(C)(Cc1nc(-c2nccn2C)no1)C(=O)O. The lowest BCUT2D eigenvalue weighted by molar-refractivity contribution is -0.150. The minimum Gasteiger partial charge on any atom is -0.481 e. The van der Waals surface area contributed by atoms with Gasteiger partial charge in [0.05, 0.1) is 5.41 Å². The zero-order chi connectivity index (χ0) is 14.9. The number of carbonyl (C=O) groups is 1. The average molecular weight is 278 g/mol. The molecule has 0 radical (unpaired) electrons. The van der Waals surface area contributed by atoms with Gasteiger partial charge >= 0.3 is 5.97 Å².